The Morgan fingerprint density at radius 1 is 1.33 bits per heavy atom. The number of hydrogen-bond acceptors (Lipinski definition) is 3. The van der Waals surface area contributed by atoms with E-state index in [0.717, 1.165) is 25.0 Å². The minimum Gasteiger partial charge on any atom is -0.271 e. The first-order chi connectivity index (χ1) is 8.42. The van der Waals surface area contributed by atoms with Crippen LogP contribution in [0.2, 0.25) is 0 Å². The minimum absolute atomic E-state index is 0.132. The first-order valence-corrected chi connectivity index (χ1v) is 6.92. The van der Waals surface area contributed by atoms with E-state index in [1.54, 1.807) is 0 Å². The van der Waals surface area contributed by atoms with Gasteiger partial charge in [-0.1, -0.05) is 34.6 Å². The van der Waals surface area contributed by atoms with Gasteiger partial charge in [0.25, 0.3) is 0 Å². The highest BCUT2D eigenvalue weighted by Crippen LogP contribution is 2.22. The van der Waals surface area contributed by atoms with Crippen LogP contribution in [0.5, 0.6) is 0 Å². The molecule has 0 radical (unpaired) electrons. The molecule has 4 nitrogen and oxygen atoms in total. The van der Waals surface area contributed by atoms with Gasteiger partial charge in [0.15, 0.2) is 0 Å². The van der Waals surface area contributed by atoms with Crippen LogP contribution >= 0.6 is 0 Å². The molecule has 4 heteroatoms. The van der Waals surface area contributed by atoms with E-state index in [0.29, 0.717) is 6.04 Å². The number of aromatic nitrogens is 2. The van der Waals surface area contributed by atoms with Crippen LogP contribution in [0.3, 0.4) is 0 Å². The van der Waals surface area contributed by atoms with Gasteiger partial charge in [0.1, 0.15) is 0 Å². The van der Waals surface area contributed by atoms with E-state index >= 15 is 0 Å². The fourth-order valence-corrected chi connectivity index (χ4v) is 2.18. The van der Waals surface area contributed by atoms with Crippen molar-refractivity contribution in [2.24, 2.45) is 11.3 Å². The van der Waals surface area contributed by atoms with Gasteiger partial charge in [0.2, 0.25) is 0 Å². The number of hydrogen-bond donors (Lipinski definition) is 2. The third kappa shape index (κ3) is 3.82. The molecule has 0 fully saturated rings. The van der Waals surface area contributed by atoms with E-state index in [9.17, 15) is 0 Å². The highest BCUT2D eigenvalue weighted by Gasteiger charge is 2.24. The molecule has 3 N–H and O–H groups in total. The molecule has 0 saturated heterocycles. The van der Waals surface area contributed by atoms with Crippen LogP contribution in [0.4, 0.5) is 0 Å². The number of hydrazine groups is 1. The molecule has 1 heterocycles. The molecule has 0 saturated carbocycles. The van der Waals surface area contributed by atoms with Crippen molar-refractivity contribution in [1.29, 1.82) is 0 Å². The summed E-state index contributed by atoms with van der Waals surface area (Å²) < 4.78 is 2.09. The smallest absolute Gasteiger partial charge is 0.0640 e. The lowest BCUT2D eigenvalue weighted by molar-refractivity contribution is 0.266. The minimum atomic E-state index is 0.132. The second-order valence-corrected chi connectivity index (χ2v) is 6.05. The first kappa shape index (κ1) is 15.2. The molecule has 0 aliphatic heterocycles. The molecular weight excluding hydrogens is 224 g/mol. The van der Waals surface area contributed by atoms with Crippen LogP contribution < -0.4 is 11.3 Å². The zero-order valence-electron chi connectivity index (χ0n) is 12.4. The molecule has 1 aromatic rings. The molecule has 1 rings (SSSR count). The lowest BCUT2D eigenvalue weighted by Gasteiger charge is -2.29. The third-order valence-corrected chi connectivity index (χ3v) is 3.64. The van der Waals surface area contributed by atoms with Crippen LogP contribution in [0.1, 0.15) is 59.2 Å². The normalized spacial score (nSPS) is 14.2. The van der Waals surface area contributed by atoms with Gasteiger partial charge in [-0.05, 0) is 24.3 Å². The second kappa shape index (κ2) is 6.34. The molecule has 104 valence electrons. The largest absolute Gasteiger partial charge is 0.271 e. The summed E-state index contributed by atoms with van der Waals surface area (Å²) in [4.78, 5) is 0. The topological polar surface area (TPSA) is 55.9 Å². The fourth-order valence-electron chi connectivity index (χ4n) is 2.18. The molecule has 0 amide bonds. The molecule has 0 aromatic carbocycles. The summed E-state index contributed by atoms with van der Waals surface area (Å²) in [6, 6.07) is 2.86. The van der Waals surface area contributed by atoms with Crippen molar-refractivity contribution >= 4 is 0 Å². The standard InChI is InChI=1S/C14H28N4/c1-6-12(7-2)18-9-8-11(17-18)10-13(16-15)14(3,4)5/h8-9,12-13,16H,6-7,10,15H2,1-5H3. The Kier molecular flexibility index (Phi) is 5.35. The van der Waals surface area contributed by atoms with Gasteiger partial charge >= 0.3 is 0 Å². The highest BCUT2D eigenvalue weighted by atomic mass is 15.3. The Morgan fingerprint density at radius 2 is 1.94 bits per heavy atom. The van der Waals surface area contributed by atoms with E-state index in [-0.39, 0.29) is 11.5 Å². The summed E-state index contributed by atoms with van der Waals surface area (Å²) in [6.45, 7) is 11.0. The molecule has 1 aromatic heterocycles. The van der Waals surface area contributed by atoms with Gasteiger partial charge < -0.3 is 0 Å². The van der Waals surface area contributed by atoms with E-state index in [1.165, 1.54) is 0 Å². The van der Waals surface area contributed by atoms with Gasteiger partial charge in [0, 0.05) is 18.7 Å². The van der Waals surface area contributed by atoms with Crippen LogP contribution in [-0.2, 0) is 6.42 Å². The molecule has 0 aliphatic rings. The van der Waals surface area contributed by atoms with Gasteiger partial charge in [0.05, 0.1) is 11.7 Å². The average molecular weight is 252 g/mol. The Morgan fingerprint density at radius 3 is 2.39 bits per heavy atom. The van der Waals surface area contributed by atoms with E-state index < -0.39 is 0 Å². The van der Waals surface area contributed by atoms with E-state index in [4.69, 9.17) is 5.84 Å². The Labute approximate surface area is 111 Å². The van der Waals surface area contributed by atoms with Crippen molar-refractivity contribution in [2.75, 3.05) is 0 Å². The number of nitrogens with zero attached hydrogens (tertiary/aromatic N) is 2. The van der Waals surface area contributed by atoms with Crippen molar-refractivity contribution in [3.05, 3.63) is 18.0 Å². The molecular formula is C14H28N4. The van der Waals surface area contributed by atoms with Crippen molar-refractivity contribution in [1.82, 2.24) is 15.2 Å². The van der Waals surface area contributed by atoms with E-state index in [1.807, 2.05) is 0 Å². The summed E-state index contributed by atoms with van der Waals surface area (Å²) >= 11 is 0. The van der Waals surface area contributed by atoms with Crippen molar-refractivity contribution in [2.45, 2.75) is 66.0 Å². The SMILES string of the molecule is CCC(CC)n1ccc(CC(NN)C(C)(C)C)n1. The summed E-state index contributed by atoms with van der Waals surface area (Å²) in [5.41, 5.74) is 4.15. The summed E-state index contributed by atoms with van der Waals surface area (Å²) in [7, 11) is 0. The van der Waals surface area contributed by atoms with Gasteiger partial charge in [-0.2, -0.15) is 5.10 Å². The van der Waals surface area contributed by atoms with Crippen LogP contribution in [0, 0.1) is 5.41 Å². The average Bonchev–Trinajstić information content (AvgIpc) is 2.74. The monoisotopic (exact) mass is 252 g/mol. The van der Waals surface area contributed by atoms with Crippen LogP contribution in [-0.4, -0.2) is 15.8 Å². The molecule has 0 aliphatic carbocycles. The Hall–Kier alpha value is -0.870. The molecule has 1 atom stereocenters. The lowest BCUT2D eigenvalue weighted by Crippen LogP contribution is -2.45. The molecule has 0 spiro atoms. The number of nitrogens with two attached hydrogens (primary N) is 1. The molecule has 1 unspecified atom stereocenters. The maximum atomic E-state index is 5.64. The highest BCUT2D eigenvalue weighted by molar-refractivity contribution is 5.03. The van der Waals surface area contributed by atoms with Crippen molar-refractivity contribution in [3.63, 3.8) is 0 Å². The molecule has 18 heavy (non-hydrogen) atoms. The van der Waals surface area contributed by atoms with Crippen molar-refractivity contribution < 1.29 is 0 Å². The maximum Gasteiger partial charge on any atom is 0.0640 e. The quantitative estimate of drug-likeness (QED) is 0.604. The lowest BCUT2D eigenvalue weighted by atomic mass is 9.84. The summed E-state index contributed by atoms with van der Waals surface area (Å²) in [5, 5.41) is 4.67. The fraction of sp³-hybridized carbons (Fsp3) is 0.786. The van der Waals surface area contributed by atoms with Crippen LogP contribution in [0.15, 0.2) is 12.3 Å². The number of rotatable bonds is 6. The predicted octanol–water partition coefficient (Wildman–Crippen LogP) is 2.66. The predicted molar refractivity (Wildman–Crippen MR) is 76.1 cm³/mol. The second-order valence-electron chi connectivity index (χ2n) is 6.05. The van der Waals surface area contributed by atoms with Gasteiger partial charge in [-0.3, -0.25) is 16.0 Å². The van der Waals surface area contributed by atoms with Crippen LogP contribution in [0.25, 0.3) is 0 Å². The van der Waals surface area contributed by atoms with Gasteiger partial charge in [-0.15, -0.1) is 0 Å². The zero-order valence-corrected chi connectivity index (χ0v) is 12.4. The zero-order chi connectivity index (χ0) is 13.8. The molecule has 0 bridgehead atoms. The Bertz CT molecular complexity index is 347. The third-order valence-electron chi connectivity index (χ3n) is 3.64. The number of nitrogens with one attached hydrogen (secondary N) is 1. The van der Waals surface area contributed by atoms with Crippen molar-refractivity contribution in [3.8, 4) is 0 Å². The maximum absolute atomic E-state index is 5.64. The summed E-state index contributed by atoms with van der Waals surface area (Å²) in [5.74, 6) is 5.64. The van der Waals surface area contributed by atoms with Gasteiger partial charge in [-0.25, -0.2) is 0 Å². The van der Waals surface area contributed by atoms with E-state index in [2.05, 4.69) is 62.1 Å². The summed E-state index contributed by atoms with van der Waals surface area (Å²) in [6.07, 6.45) is 5.20. The first-order valence-electron chi connectivity index (χ1n) is 6.92. The Balaban J connectivity index is 2.74.